The van der Waals surface area contributed by atoms with Crippen LogP contribution in [0.3, 0.4) is 0 Å². The van der Waals surface area contributed by atoms with Crippen LogP contribution in [0.2, 0.25) is 0 Å². The molecule has 1 aliphatic heterocycles. The van der Waals surface area contributed by atoms with Crippen LogP contribution in [0, 0.1) is 5.82 Å². The number of anilines is 2. The number of carbonyl (C=O) groups is 2. The maximum atomic E-state index is 14.6. The van der Waals surface area contributed by atoms with Gasteiger partial charge in [0, 0.05) is 30.9 Å². The summed E-state index contributed by atoms with van der Waals surface area (Å²) in [4.78, 5) is 28.4. The molecule has 8 heteroatoms. The van der Waals surface area contributed by atoms with E-state index in [1.165, 1.54) is 17.0 Å². The highest BCUT2D eigenvalue weighted by Gasteiger charge is 2.44. The average molecular weight is 376 g/mol. The highest BCUT2D eigenvalue weighted by Crippen LogP contribution is 2.39. The molecular formula is C19H25FN4O3. The third kappa shape index (κ3) is 3.97. The molecule has 3 aliphatic rings. The molecule has 1 saturated heterocycles. The predicted molar refractivity (Wildman–Crippen MR) is 98.9 cm³/mol. The molecule has 1 aromatic carbocycles. The van der Waals surface area contributed by atoms with Crippen molar-refractivity contribution in [3.05, 3.63) is 24.0 Å². The molecule has 0 unspecified atom stereocenters. The summed E-state index contributed by atoms with van der Waals surface area (Å²) in [5.74, 6) is -1.05. The number of benzene rings is 1. The lowest BCUT2D eigenvalue weighted by Crippen LogP contribution is -2.50. The molecule has 0 spiro atoms. The zero-order valence-electron chi connectivity index (χ0n) is 15.2. The summed E-state index contributed by atoms with van der Waals surface area (Å²) in [6.45, 7) is 1.01. The van der Waals surface area contributed by atoms with Gasteiger partial charge >= 0.3 is 0 Å². The minimum atomic E-state index is -0.569. The van der Waals surface area contributed by atoms with Crippen molar-refractivity contribution in [2.24, 2.45) is 5.73 Å². The molecule has 0 aromatic heterocycles. The number of nitrogens with one attached hydrogen (secondary N) is 1. The van der Waals surface area contributed by atoms with Gasteiger partial charge in [0.2, 0.25) is 5.91 Å². The van der Waals surface area contributed by atoms with Gasteiger partial charge in [-0.25, -0.2) is 4.39 Å². The molecule has 1 aromatic rings. The molecule has 0 bridgehead atoms. The first-order valence-electron chi connectivity index (χ1n) is 9.54. The van der Waals surface area contributed by atoms with Crippen LogP contribution in [0.1, 0.15) is 25.7 Å². The van der Waals surface area contributed by atoms with Gasteiger partial charge in [0.1, 0.15) is 18.5 Å². The van der Waals surface area contributed by atoms with Crippen LogP contribution < -0.4 is 16.0 Å². The summed E-state index contributed by atoms with van der Waals surface area (Å²) in [6.07, 6.45) is 4.38. The number of hydrogen-bond acceptors (Lipinski definition) is 5. The van der Waals surface area contributed by atoms with Gasteiger partial charge in [-0.1, -0.05) is 0 Å². The second kappa shape index (κ2) is 7.53. The van der Waals surface area contributed by atoms with E-state index in [-0.39, 0.29) is 30.7 Å². The van der Waals surface area contributed by atoms with Gasteiger partial charge in [-0.15, -0.1) is 0 Å². The average Bonchev–Trinajstić information content (AvgIpc) is 3.55. The van der Waals surface area contributed by atoms with Crippen LogP contribution in [-0.2, 0) is 14.3 Å². The Morgan fingerprint density at radius 3 is 2.59 bits per heavy atom. The minimum absolute atomic E-state index is 0.00352. The quantitative estimate of drug-likeness (QED) is 0.744. The number of hydrogen-bond donors (Lipinski definition) is 2. The van der Waals surface area contributed by atoms with Crippen molar-refractivity contribution in [1.82, 2.24) is 4.90 Å². The van der Waals surface area contributed by atoms with Crippen LogP contribution >= 0.6 is 0 Å². The van der Waals surface area contributed by atoms with Crippen LogP contribution in [0.15, 0.2) is 18.2 Å². The topological polar surface area (TPSA) is 87.9 Å². The van der Waals surface area contributed by atoms with E-state index in [2.05, 4.69) is 10.2 Å². The largest absolute Gasteiger partial charge is 0.370 e. The van der Waals surface area contributed by atoms with Crippen LogP contribution in [0.4, 0.5) is 15.8 Å². The number of nitrogens with two attached hydrogens (primary N) is 1. The van der Waals surface area contributed by atoms with Gasteiger partial charge in [-0.2, -0.15) is 0 Å². The van der Waals surface area contributed by atoms with Gasteiger partial charge < -0.3 is 20.7 Å². The fourth-order valence-electron chi connectivity index (χ4n) is 3.70. The Hall–Kier alpha value is -2.03. The van der Waals surface area contributed by atoms with Crippen molar-refractivity contribution < 1.29 is 18.7 Å². The molecule has 146 valence electrons. The Bertz CT molecular complexity index is 724. The summed E-state index contributed by atoms with van der Waals surface area (Å²) in [5, 5.41) is 2.68. The Morgan fingerprint density at radius 2 is 2.04 bits per heavy atom. The monoisotopic (exact) mass is 376 g/mol. The minimum Gasteiger partial charge on any atom is -0.370 e. The first-order valence-corrected chi connectivity index (χ1v) is 9.54. The molecule has 3 N–H and O–H groups in total. The smallest absolute Gasteiger partial charge is 0.253 e. The van der Waals surface area contributed by atoms with Crippen molar-refractivity contribution in [3.8, 4) is 0 Å². The molecule has 7 nitrogen and oxygen atoms in total. The number of rotatable bonds is 7. The van der Waals surface area contributed by atoms with Crippen LogP contribution in [-0.4, -0.2) is 61.1 Å². The van der Waals surface area contributed by atoms with E-state index in [0.717, 1.165) is 25.7 Å². The molecule has 27 heavy (non-hydrogen) atoms. The highest BCUT2D eigenvalue weighted by molar-refractivity contribution is 5.97. The maximum absolute atomic E-state index is 14.6. The predicted octanol–water partition coefficient (Wildman–Crippen LogP) is 1.08. The molecule has 2 aliphatic carbocycles. The summed E-state index contributed by atoms with van der Waals surface area (Å²) in [6, 6.07) is 4.82. The van der Waals surface area contributed by atoms with Crippen LogP contribution in [0.5, 0.6) is 0 Å². The number of ether oxygens (including phenoxy) is 1. The Morgan fingerprint density at radius 1 is 1.33 bits per heavy atom. The molecule has 4 rings (SSSR count). The van der Waals surface area contributed by atoms with E-state index in [0.29, 0.717) is 30.9 Å². The van der Waals surface area contributed by atoms with Gasteiger partial charge in [0.15, 0.2) is 0 Å². The standard InChI is InChI=1S/C19H25FN4O3/c20-15-9-14(23-7-8-27-11-18(23)25)5-6-16(15)22-19(26)17(10-21)24(12-1-2-12)13-3-4-13/h5-6,9,12-13,17H,1-4,7-8,10-11,21H2,(H,22,26)/t17-/m0/s1. The summed E-state index contributed by atoms with van der Waals surface area (Å²) >= 11 is 0. The number of halogens is 1. The highest BCUT2D eigenvalue weighted by atomic mass is 19.1. The van der Waals surface area contributed by atoms with E-state index in [1.807, 2.05) is 0 Å². The first kappa shape index (κ1) is 18.3. The fourth-order valence-corrected chi connectivity index (χ4v) is 3.70. The first-order chi connectivity index (χ1) is 13.1. The van der Waals surface area contributed by atoms with E-state index in [9.17, 15) is 14.0 Å². The lowest BCUT2D eigenvalue weighted by molar-refractivity contribution is -0.125. The van der Waals surface area contributed by atoms with Gasteiger partial charge in [0.05, 0.1) is 12.3 Å². The molecule has 1 heterocycles. The third-order valence-electron chi connectivity index (χ3n) is 5.33. The van der Waals surface area contributed by atoms with Crippen molar-refractivity contribution in [3.63, 3.8) is 0 Å². The Kier molecular flexibility index (Phi) is 5.12. The zero-order valence-corrected chi connectivity index (χ0v) is 15.2. The summed E-state index contributed by atoms with van der Waals surface area (Å²) < 4.78 is 19.7. The summed E-state index contributed by atoms with van der Waals surface area (Å²) in [7, 11) is 0. The molecule has 1 atom stereocenters. The van der Waals surface area contributed by atoms with Gasteiger partial charge in [-0.05, 0) is 43.9 Å². The van der Waals surface area contributed by atoms with Crippen molar-refractivity contribution >= 4 is 23.2 Å². The maximum Gasteiger partial charge on any atom is 0.253 e. The second-order valence-corrected chi connectivity index (χ2v) is 7.41. The number of morpholine rings is 1. The molecule has 0 radical (unpaired) electrons. The second-order valence-electron chi connectivity index (χ2n) is 7.41. The molecular weight excluding hydrogens is 351 g/mol. The van der Waals surface area contributed by atoms with Crippen molar-refractivity contribution in [2.75, 3.05) is 36.5 Å². The Balaban J connectivity index is 1.46. The van der Waals surface area contributed by atoms with E-state index < -0.39 is 11.9 Å². The van der Waals surface area contributed by atoms with Gasteiger partial charge in [0.25, 0.3) is 5.91 Å². The molecule has 3 fully saturated rings. The normalized spacial score (nSPS) is 21.4. The zero-order chi connectivity index (χ0) is 19.0. The lowest BCUT2D eigenvalue weighted by atomic mass is 10.2. The van der Waals surface area contributed by atoms with E-state index >= 15 is 0 Å². The number of amides is 2. The Labute approximate surface area is 157 Å². The van der Waals surface area contributed by atoms with Crippen molar-refractivity contribution in [2.45, 2.75) is 43.8 Å². The summed E-state index contributed by atoms with van der Waals surface area (Å²) in [5.41, 5.74) is 6.45. The molecule has 2 amide bonds. The van der Waals surface area contributed by atoms with Crippen molar-refractivity contribution in [1.29, 1.82) is 0 Å². The van der Waals surface area contributed by atoms with Crippen LogP contribution in [0.25, 0.3) is 0 Å². The lowest BCUT2D eigenvalue weighted by Gasteiger charge is -2.30. The third-order valence-corrected chi connectivity index (χ3v) is 5.33. The number of carbonyl (C=O) groups excluding carboxylic acids is 2. The SMILES string of the molecule is NC[C@@H](C(=O)Nc1ccc(N2CCOCC2=O)cc1F)N(C1CC1)C1CC1. The number of nitrogens with zero attached hydrogens (tertiary/aromatic N) is 2. The fraction of sp³-hybridized carbons (Fsp3) is 0.579. The van der Waals surface area contributed by atoms with Gasteiger partial charge in [-0.3, -0.25) is 14.5 Å². The molecule has 2 saturated carbocycles. The van der Waals surface area contributed by atoms with E-state index in [4.69, 9.17) is 10.5 Å². The van der Waals surface area contributed by atoms with E-state index in [1.54, 1.807) is 6.07 Å².